The van der Waals surface area contributed by atoms with Crippen LogP contribution in [-0.2, 0) is 22.6 Å². The highest BCUT2D eigenvalue weighted by molar-refractivity contribution is 6.46. The van der Waals surface area contributed by atoms with Gasteiger partial charge < -0.3 is 14.7 Å². The van der Waals surface area contributed by atoms with Crippen LogP contribution in [0.2, 0.25) is 0 Å². The number of rotatable bonds is 4. The monoisotopic (exact) mass is 440 g/mol. The number of hydrogen-bond donors (Lipinski definition) is 1. The molecule has 2 aliphatic heterocycles. The fourth-order valence-corrected chi connectivity index (χ4v) is 4.61. The number of aromatic nitrogens is 1. The molecule has 5 rings (SSSR count). The summed E-state index contributed by atoms with van der Waals surface area (Å²) in [4.78, 5) is 32.1. The molecule has 166 valence electrons. The van der Waals surface area contributed by atoms with E-state index in [2.05, 4.69) is 4.98 Å². The number of hydrogen-bond acceptors (Lipinski definition) is 5. The standard InChI is InChI=1S/C27H24N2O4/c1-17-6-2-3-9-21(17)24-23(25(30)20-10-11-22-19(14-20)8-5-13-33-22)26(31)27(32)29(24)16-18-7-4-12-28-15-18/h2-4,6-7,9-12,14-15,24,30H,5,8,13,16H2,1H3/b25-23+. The van der Waals surface area contributed by atoms with Crippen molar-refractivity contribution >= 4 is 17.4 Å². The number of fused-ring (bicyclic) bond motifs is 1. The van der Waals surface area contributed by atoms with Gasteiger partial charge in [0.15, 0.2) is 0 Å². The molecule has 2 aliphatic rings. The van der Waals surface area contributed by atoms with Gasteiger partial charge in [0.1, 0.15) is 11.5 Å². The van der Waals surface area contributed by atoms with Crippen molar-refractivity contribution in [2.75, 3.05) is 6.61 Å². The van der Waals surface area contributed by atoms with Crippen LogP contribution < -0.4 is 4.74 Å². The lowest BCUT2D eigenvalue weighted by Crippen LogP contribution is -2.29. The summed E-state index contributed by atoms with van der Waals surface area (Å²) < 4.78 is 5.68. The predicted octanol–water partition coefficient (Wildman–Crippen LogP) is 4.34. The highest BCUT2D eigenvalue weighted by atomic mass is 16.5. The van der Waals surface area contributed by atoms with Gasteiger partial charge in [-0.25, -0.2) is 0 Å². The molecule has 1 saturated heterocycles. The summed E-state index contributed by atoms with van der Waals surface area (Å²) in [6.07, 6.45) is 5.08. The summed E-state index contributed by atoms with van der Waals surface area (Å²) in [6, 6.07) is 16.0. The number of carbonyl (C=O) groups excluding carboxylic acids is 2. The molecule has 0 saturated carbocycles. The van der Waals surface area contributed by atoms with Crippen molar-refractivity contribution in [2.45, 2.75) is 32.4 Å². The van der Waals surface area contributed by atoms with Crippen molar-refractivity contribution in [3.8, 4) is 5.75 Å². The molecule has 1 unspecified atom stereocenters. The van der Waals surface area contributed by atoms with Gasteiger partial charge in [-0.3, -0.25) is 14.6 Å². The third-order valence-corrected chi connectivity index (χ3v) is 6.28. The minimum Gasteiger partial charge on any atom is -0.507 e. The number of ether oxygens (including phenoxy) is 1. The minimum absolute atomic E-state index is 0.106. The Bertz CT molecular complexity index is 1270. The van der Waals surface area contributed by atoms with Gasteiger partial charge in [0.25, 0.3) is 11.7 Å². The molecule has 1 fully saturated rings. The third kappa shape index (κ3) is 3.78. The maximum Gasteiger partial charge on any atom is 0.295 e. The van der Waals surface area contributed by atoms with E-state index in [-0.39, 0.29) is 17.9 Å². The first kappa shape index (κ1) is 20.9. The number of likely N-dealkylation sites (tertiary alicyclic amines) is 1. The van der Waals surface area contributed by atoms with Crippen LogP contribution in [0.4, 0.5) is 0 Å². The van der Waals surface area contributed by atoms with Crippen molar-refractivity contribution in [2.24, 2.45) is 0 Å². The minimum atomic E-state index is -0.696. The zero-order chi connectivity index (χ0) is 22.9. The molecule has 1 aromatic heterocycles. The number of amides is 1. The molecule has 1 amide bonds. The van der Waals surface area contributed by atoms with Crippen LogP contribution in [0, 0.1) is 6.92 Å². The van der Waals surface area contributed by atoms with E-state index < -0.39 is 17.7 Å². The fraction of sp³-hybridized carbons (Fsp3) is 0.222. The molecule has 0 bridgehead atoms. The van der Waals surface area contributed by atoms with Gasteiger partial charge >= 0.3 is 0 Å². The van der Waals surface area contributed by atoms with Crippen molar-refractivity contribution in [1.82, 2.24) is 9.88 Å². The van der Waals surface area contributed by atoms with E-state index in [1.54, 1.807) is 24.5 Å². The number of Topliss-reactive ketones (excluding diaryl/α,β-unsaturated/α-hetero) is 1. The average molecular weight is 440 g/mol. The Morgan fingerprint density at radius 3 is 2.79 bits per heavy atom. The molecular weight excluding hydrogens is 416 g/mol. The van der Waals surface area contributed by atoms with Crippen molar-refractivity contribution in [3.05, 3.63) is 100 Å². The lowest BCUT2D eigenvalue weighted by molar-refractivity contribution is -0.140. The largest absolute Gasteiger partial charge is 0.507 e. The Balaban J connectivity index is 1.65. The Morgan fingerprint density at radius 1 is 1.15 bits per heavy atom. The van der Waals surface area contributed by atoms with Crippen LogP contribution in [-0.4, -0.2) is 33.3 Å². The number of benzene rings is 2. The zero-order valence-electron chi connectivity index (χ0n) is 18.3. The number of aliphatic hydroxyl groups is 1. The van der Waals surface area contributed by atoms with Crippen LogP contribution in [0.1, 0.15) is 40.3 Å². The van der Waals surface area contributed by atoms with Crippen molar-refractivity contribution < 1.29 is 19.4 Å². The van der Waals surface area contributed by atoms with Crippen LogP contribution >= 0.6 is 0 Å². The smallest absolute Gasteiger partial charge is 0.295 e. The first-order chi connectivity index (χ1) is 16.0. The normalized spacial score (nSPS) is 19.3. The molecule has 6 nitrogen and oxygen atoms in total. The highest BCUT2D eigenvalue weighted by Gasteiger charge is 2.46. The van der Waals surface area contributed by atoms with Gasteiger partial charge in [-0.05, 0) is 66.3 Å². The summed E-state index contributed by atoms with van der Waals surface area (Å²) in [6.45, 7) is 2.83. The van der Waals surface area contributed by atoms with Gasteiger partial charge in [-0.15, -0.1) is 0 Å². The summed E-state index contributed by atoms with van der Waals surface area (Å²) in [5.74, 6) is -0.678. The van der Waals surface area contributed by atoms with Crippen LogP contribution in [0.25, 0.3) is 5.76 Å². The van der Waals surface area contributed by atoms with E-state index in [1.807, 2.05) is 49.4 Å². The average Bonchev–Trinajstić information content (AvgIpc) is 3.09. The second-order valence-electron chi connectivity index (χ2n) is 8.42. The molecule has 33 heavy (non-hydrogen) atoms. The molecule has 1 N–H and O–H groups in total. The van der Waals surface area contributed by atoms with Gasteiger partial charge in [-0.2, -0.15) is 0 Å². The first-order valence-corrected chi connectivity index (χ1v) is 11.0. The summed E-state index contributed by atoms with van der Waals surface area (Å²) in [5.41, 5.74) is 4.16. The Hall–Kier alpha value is -3.93. The Morgan fingerprint density at radius 2 is 2.00 bits per heavy atom. The lowest BCUT2D eigenvalue weighted by atomic mass is 9.91. The van der Waals surface area contributed by atoms with E-state index in [0.29, 0.717) is 12.2 Å². The van der Waals surface area contributed by atoms with Gasteiger partial charge in [0, 0.05) is 24.5 Å². The number of nitrogens with zero attached hydrogens (tertiary/aromatic N) is 2. The van der Waals surface area contributed by atoms with E-state index >= 15 is 0 Å². The summed E-state index contributed by atoms with van der Waals surface area (Å²) >= 11 is 0. The first-order valence-electron chi connectivity index (χ1n) is 11.0. The number of ketones is 1. The van der Waals surface area contributed by atoms with Crippen molar-refractivity contribution in [1.29, 1.82) is 0 Å². The molecule has 0 spiro atoms. The zero-order valence-corrected chi connectivity index (χ0v) is 18.3. The Labute approximate surface area is 192 Å². The molecule has 1 atom stereocenters. The van der Waals surface area contributed by atoms with E-state index in [9.17, 15) is 14.7 Å². The molecule has 0 radical (unpaired) electrons. The van der Waals surface area contributed by atoms with Crippen LogP contribution in [0.15, 0.2) is 72.6 Å². The molecular formula is C27H24N2O4. The highest BCUT2D eigenvalue weighted by Crippen LogP contribution is 2.41. The van der Waals surface area contributed by atoms with Gasteiger partial charge in [0.2, 0.25) is 0 Å². The molecule has 0 aliphatic carbocycles. The fourth-order valence-electron chi connectivity index (χ4n) is 4.61. The SMILES string of the molecule is Cc1ccccc1C1/C(=C(\O)c2ccc3c(c2)CCCO3)C(=O)C(=O)N1Cc1cccnc1. The third-order valence-electron chi connectivity index (χ3n) is 6.28. The maximum atomic E-state index is 13.3. The van der Waals surface area contributed by atoms with Gasteiger partial charge in [0.05, 0.1) is 18.2 Å². The topological polar surface area (TPSA) is 79.7 Å². The number of pyridine rings is 1. The van der Waals surface area contributed by atoms with Crippen LogP contribution in [0.5, 0.6) is 5.75 Å². The van der Waals surface area contributed by atoms with Crippen LogP contribution in [0.3, 0.4) is 0 Å². The number of carbonyl (C=O) groups is 2. The second-order valence-corrected chi connectivity index (χ2v) is 8.42. The molecule has 2 aromatic carbocycles. The van der Waals surface area contributed by atoms with Crippen molar-refractivity contribution in [3.63, 3.8) is 0 Å². The summed E-state index contributed by atoms with van der Waals surface area (Å²) in [7, 11) is 0. The summed E-state index contributed by atoms with van der Waals surface area (Å²) in [5, 5.41) is 11.3. The predicted molar refractivity (Wildman–Crippen MR) is 124 cm³/mol. The number of aliphatic hydroxyl groups excluding tert-OH is 1. The quantitative estimate of drug-likeness (QED) is 0.371. The maximum absolute atomic E-state index is 13.3. The van der Waals surface area contributed by atoms with Gasteiger partial charge in [-0.1, -0.05) is 30.3 Å². The number of aryl methyl sites for hydroxylation is 2. The van der Waals surface area contributed by atoms with E-state index in [1.165, 1.54) is 4.90 Å². The van der Waals surface area contributed by atoms with E-state index in [0.717, 1.165) is 40.8 Å². The lowest BCUT2D eigenvalue weighted by Gasteiger charge is -2.26. The van der Waals surface area contributed by atoms with E-state index in [4.69, 9.17) is 4.74 Å². The second kappa shape index (κ2) is 8.54. The molecule has 3 aromatic rings. The molecule has 3 heterocycles. The molecule has 6 heteroatoms. The Kier molecular flexibility index (Phi) is 5.42.